The van der Waals surface area contributed by atoms with Crippen LogP contribution in [0.2, 0.25) is 0 Å². The number of nitrogens with zero attached hydrogens (tertiary/aromatic N) is 2. The maximum absolute atomic E-state index is 12.2. The molecular formula is C13H20N2O. The van der Waals surface area contributed by atoms with E-state index in [1.165, 1.54) is 12.8 Å². The lowest BCUT2D eigenvalue weighted by Gasteiger charge is -2.21. The van der Waals surface area contributed by atoms with Gasteiger partial charge in [0.25, 0.3) is 0 Å². The zero-order valence-electron chi connectivity index (χ0n) is 10.2. The van der Waals surface area contributed by atoms with E-state index >= 15 is 0 Å². The molecule has 0 bridgehead atoms. The van der Waals surface area contributed by atoms with Gasteiger partial charge < -0.3 is 0 Å². The molecule has 88 valence electrons. The average Bonchev–Trinajstić information content (AvgIpc) is 2.88. The summed E-state index contributed by atoms with van der Waals surface area (Å²) in [6.45, 7) is 5.04. The molecule has 2 rings (SSSR count). The topological polar surface area (TPSA) is 34.9 Å². The molecule has 3 heteroatoms. The van der Waals surface area contributed by atoms with Gasteiger partial charge in [0.1, 0.15) is 5.78 Å². The number of ketones is 1. The number of carbonyl (C=O) groups is 1. The molecule has 1 fully saturated rings. The van der Waals surface area contributed by atoms with Crippen LogP contribution in [0.5, 0.6) is 0 Å². The highest BCUT2D eigenvalue weighted by Crippen LogP contribution is 2.38. The van der Waals surface area contributed by atoms with Crippen LogP contribution in [-0.4, -0.2) is 15.6 Å². The number of Topliss-reactive ketones (excluding diaryl/α,β-unsaturated/α-hetero) is 1. The number of hydrogen-bond donors (Lipinski definition) is 0. The molecule has 1 aromatic heterocycles. The summed E-state index contributed by atoms with van der Waals surface area (Å²) < 4.78 is 1.87. The molecule has 0 unspecified atom stereocenters. The van der Waals surface area contributed by atoms with E-state index in [9.17, 15) is 4.79 Å². The van der Waals surface area contributed by atoms with Crippen molar-refractivity contribution in [3.8, 4) is 0 Å². The van der Waals surface area contributed by atoms with E-state index in [0.29, 0.717) is 12.2 Å². The Bertz CT molecular complexity index is 375. The third-order valence-electron chi connectivity index (χ3n) is 3.76. The highest BCUT2D eigenvalue weighted by molar-refractivity contribution is 5.86. The predicted molar refractivity (Wildman–Crippen MR) is 63.2 cm³/mol. The summed E-state index contributed by atoms with van der Waals surface area (Å²) >= 11 is 0. The van der Waals surface area contributed by atoms with Gasteiger partial charge >= 0.3 is 0 Å². The van der Waals surface area contributed by atoms with Crippen molar-refractivity contribution in [3.63, 3.8) is 0 Å². The number of aryl methyl sites for hydroxylation is 1. The first-order valence-corrected chi connectivity index (χ1v) is 6.19. The molecule has 0 atom stereocenters. The molecule has 0 aromatic carbocycles. The van der Waals surface area contributed by atoms with Crippen molar-refractivity contribution in [2.45, 2.75) is 52.5 Å². The molecule has 0 spiro atoms. The van der Waals surface area contributed by atoms with Crippen LogP contribution in [0, 0.1) is 5.41 Å². The molecule has 0 aliphatic heterocycles. The predicted octanol–water partition coefficient (Wildman–Crippen LogP) is 2.59. The second-order valence-electron chi connectivity index (χ2n) is 5.07. The van der Waals surface area contributed by atoms with Crippen molar-refractivity contribution in [1.82, 2.24) is 9.78 Å². The van der Waals surface area contributed by atoms with Crippen molar-refractivity contribution in [2.24, 2.45) is 5.41 Å². The van der Waals surface area contributed by atoms with Crippen LogP contribution in [0.3, 0.4) is 0 Å². The van der Waals surface area contributed by atoms with Crippen molar-refractivity contribution >= 4 is 5.78 Å². The van der Waals surface area contributed by atoms with Gasteiger partial charge in [-0.05, 0) is 25.3 Å². The molecule has 0 radical (unpaired) electrons. The van der Waals surface area contributed by atoms with E-state index in [0.717, 1.165) is 24.9 Å². The summed E-state index contributed by atoms with van der Waals surface area (Å²) in [5, 5.41) is 4.20. The van der Waals surface area contributed by atoms with Crippen molar-refractivity contribution < 1.29 is 4.79 Å². The van der Waals surface area contributed by atoms with Gasteiger partial charge in [-0.2, -0.15) is 5.10 Å². The van der Waals surface area contributed by atoms with Crippen molar-refractivity contribution in [3.05, 3.63) is 18.0 Å². The van der Waals surface area contributed by atoms with Gasteiger partial charge in [0.15, 0.2) is 0 Å². The van der Waals surface area contributed by atoms with Crippen LogP contribution >= 0.6 is 0 Å². The zero-order chi connectivity index (χ0) is 11.6. The second-order valence-corrected chi connectivity index (χ2v) is 5.07. The maximum Gasteiger partial charge on any atom is 0.143 e. The highest BCUT2D eigenvalue weighted by Gasteiger charge is 2.35. The molecule has 16 heavy (non-hydrogen) atoms. The first-order valence-electron chi connectivity index (χ1n) is 6.19. The molecule has 1 aliphatic rings. The third kappa shape index (κ3) is 2.18. The fourth-order valence-corrected chi connectivity index (χ4v) is 2.50. The Morgan fingerprint density at radius 1 is 1.50 bits per heavy atom. The van der Waals surface area contributed by atoms with Crippen LogP contribution in [-0.2, 0) is 17.8 Å². The molecule has 0 N–H and O–H groups in total. The van der Waals surface area contributed by atoms with Crippen molar-refractivity contribution in [1.29, 1.82) is 0 Å². The SMILES string of the molecule is CCn1cc(CC(=O)C2(C)CCCC2)cn1. The zero-order valence-corrected chi connectivity index (χ0v) is 10.2. The third-order valence-corrected chi connectivity index (χ3v) is 3.76. The summed E-state index contributed by atoms with van der Waals surface area (Å²) in [7, 11) is 0. The van der Waals surface area contributed by atoms with E-state index in [2.05, 4.69) is 18.9 Å². The first kappa shape index (κ1) is 11.4. The Hall–Kier alpha value is -1.12. The van der Waals surface area contributed by atoms with Gasteiger partial charge in [-0.25, -0.2) is 0 Å². The van der Waals surface area contributed by atoms with E-state index in [1.54, 1.807) is 0 Å². The minimum Gasteiger partial charge on any atom is -0.299 e. The van der Waals surface area contributed by atoms with Crippen LogP contribution in [0.4, 0.5) is 0 Å². The summed E-state index contributed by atoms with van der Waals surface area (Å²) in [5.74, 6) is 0.389. The fraction of sp³-hybridized carbons (Fsp3) is 0.692. The van der Waals surface area contributed by atoms with Crippen molar-refractivity contribution in [2.75, 3.05) is 0 Å². The van der Waals surface area contributed by atoms with Crippen LogP contribution in [0.25, 0.3) is 0 Å². The Morgan fingerprint density at radius 2 is 2.19 bits per heavy atom. The van der Waals surface area contributed by atoms with E-state index in [1.807, 2.05) is 17.1 Å². The molecule has 3 nitrogen and oxygen atoms in total. The van der Waals surface area contributed by atoms with Gasteiger partial charge in [0.05, 0.1) is 6.20 Å². The Morgan fingerprint density at radius 3 is 2.75 bits per heavy atom. The summed E-state index contributed by atoms with van der Waals surface area (Å²) in [6.07, 6.45) is 8.89. The van der Waals surface area contributed by atoms with Crippen LogP contribution < -0.4 is 0 Å². The minimum absolute atomic E-state index is 0.0612. The minimum atomic E-state index is -0.0612. The number of rotatable bonds is 4. The van der Waals surface area contributed by atoms with Gasteiger partial charge in [0, 0.05) is 24.6 Å². The number of carbonyl (C=O) groups excluding carboxylic acids is 1. The fourth-order valence-electron chi connectivity index (χ4n) is 2.50. The lowest BCUT2D eigenvalue weighted by molar-refractivity contribution is -0.126. The maximum atomic E-state index is 12.2. The molecular weight excluding hydrogens is 200 g/mol. The summed E-state index contributed by atoms with van der Waals surface area (Å²) in [5.41, 5.74) is 0.994. The van der Waals surface area contributed by atoms with Gasteiger partial charge in [-0.1, -0.05) is 19.8 Å². The molecule has 0 amide bonds. The average molecular weight is 220 g/mol. The van der Waals surface area contributed by atoms with Gasteiger partial charge in [0.2, 0.25) is 0 Å². The quantitative estimate of drug-likeness (QED) is 0.781. The van der Waals surface area contributed by atoms with Crippen LogP contribution in [0.15, 0.2) is 12.4 Å². The Balaban J connectivity index is 2.01. The standard InChI is InChI=1S/C13H20N2O/c1-3-15-10-11(9-14-15)8-12(16)13(2)6-4-5-7-13/h9-10H,3-8H2,1-2H3. The first-order chi connectivity index (χ1) is 7.64. The van der Waals surface area contributed by atoms with Crippen LogP contribution in [0.1, 0.15) is 45.1 Å². The number of aromatic nitrogens is 2. The Labute approximate surface area is 96.8 Å². The normalized spacial score (nSPS) is 18.9. The molecule has 1 saturated carbocycles. The smallest absolute Gasteiger partial charge is 0.143 e. The monoisotopic (exact) mass is 220 g/mol. The van der Waals surface area contributed by atoms with E-state index < -0.39 is 0 Å². The molecule has 1 aliphatic carbocycles. The van der Waals surface area contributed by atoms with Gasteiger partial charge in [-0.15, -0.1) is 0 Å². The summed E-state index contributed by atoms with van der Waals surface area (Å²) in [6, 6.07) is 0. The molecule has 1 heterocycles. The highest BCUT2D eigenvalue weighted by atomic mass is 16.1. The van der Waals surface area contributed by atoms with Gasteiger partial charge in [-0.3, -0.25) is 9.48 Å². The molecule has 0 saturated heterocycles. The largest absolute Gasteiger partial charge is 0.299 e. The number of hydrogen-bond acceptors (Lipinski definition) is 2. The molecule has 1 aromatic rings. The lowest BCUT2D eigenvalue weighted by Crippen LogP contribution is -2.25. The Kier molecular flexibility index (Phi) is 3.13. The summed E-state index contributed by atoms with van der Waals surface area (Å²) in [4.78, 5) is 12.2. The second kappa shape index (κ2) is 4.40. The van der Waals surface area contributed by atoms with E-state index in [4.69, 9.17) is 0 Å². The van der Waals surface area contributed by atoms with E-state index in [-0.39, 0.29) is 5.41 Å². The lowest BCUT2D eigenvalue weighted by atomic mass is 9.82.